The first kappa shape index (κ1) is 12.3. The van der Waals surface area contributed by atoms with Crippen LogP contribution in [0.5, 0.6) is 5.75 Å². The molecule has 0 atom stereocenters. The van der Waals surface area contributed by atoms with Crippen LogP contribution in [-0.2, 0) is 6.54 Å². The summed E-state index contributed by atoms with van der Waals surface area (Å²) in [7, 11) is 1.65. The molecule has 0 spiro atoms. The summed E-state index contributed by atoms with van der Waals surface area (Å²) in [6.45, 7) is 0.310. The van der Waals surface area contributed by atoms with Crippen LogP contribution in [0.25, 0.3) is 0 Å². The van der Waals surface area contributed by atoms with Gasteiger partial charge in [0.2, 0.25) is 0 Å². The van der Waals surface area contributed by atoms with Gasteiger partial charge in [0.05, 0.1) is 0 Å². The molecule has 0 bridgehead atoms. The first-order chi connectivity index (χ1) is 6.92. The lowest BCUT2D eigenvalue weighted by atomic mass is 10.2. The van der Waals surface area contributed by atoms with Crippen molar-refractivity contribution in [1.29, 1.82) is 0 Å². The molecule has 0 unspecified atom stereocenters. The third kappa shape index (κ3) is 4.09. The van der Waals surface area contributed by atoms with Gasteiger partial charge in [0.1, 0.15) is 5.75 Å². The van der Waals surface area contributed by atoms with Crippen LogP contribution < -0.4 is 10.1 Å². The van der Waals surface area contributed by atoms with Crippen molar-refractivity contribution in [2.75, 3.05) is 7.05 Å². The molecule has 0 aliphatic rings. The number of nitrogens with one attached hydrogen (secondary N) is 1. The van der Waals surface area contributed by atoms with Gasteiger partial charge in [-0.3, -0.25) is 0 Å². The van der Waals surface area contributed by atoms with E-state index >= 15 is 0 Å². The van der Waals surface area contributed by atoms with E-state index in [1.54, 1.807) is 13.1 Å². The molecule has 2 nitrogen and oxygen atoms in total. The fourth-order valence-electron chi connectivity index (χ4n) is 1.10. The Morgan fingerprint density at radius 2 is 2.07 bits per heavy atom. The number of hydrogen-bond acceptors (Lipinski definition) is 2. The Labute approximate surface area is 93.6 Å². The highest BCUT2D eigenvalue weighted by atomic mass is 79.9. The Bertz CT molecular complexity index is 341. The molecular formula is C9H9BrF3NO. The van der Waals surface area contributed by atoms with E-state index in [2.05, 4.69) is 26.0 Å². The second kappa shape index (κ2) is 4.85. The molecule has 0 aliphatic carbocycles. The van der Waals surface area contributed by atoms with Crippen molar-refractivity contribution in [3.63, 3.8) is 0 Å². The number of halogens is 4. The molecule has 0 amide bonds. The summed E-state index contributed by atoms with van der Waals surface area (Å²) in [6.07, 6.45) is -4.66. The van der Waals surface area contributed by atoms with Gasteiger partial charge in [0.15, 0.2) is 0 Å². The van der Waals surface area contributed by atoms with Crippen molar-refractivity contribution in [3.05, 3.63) is 28.2 Å². The Morgan fingerprint density at radius 1 is 1.40 bits per heavy atom. The molecule has 6 heteroatoms. The van der Waals surface area contributed by atoms with E-state index in [4.69, 9.17) is 0 Å². The Morgan fingerprint density at radius 3 is 2.60 bits per heavy atom. The number of rotatable bonds is 3. The van der Waals surface area contributed by atoms with Gasteiger partial charge in [-0.2, -0.15) is 0 Å². The zero-order valence-electron chi connectivity index (χ0n) is 7.86. The molecule has 0 heterocycles. The number of benzene rings is 1. The summed E-state index contributed by atoms with van der Waals surface area (Å²) in [6, 6.07) is 4.36. The van der Waals surface area contributed by atoms with E-state index in [1.165, 1.54) is 12.1 Å². The van der Waals surface area contributed by atoms with Crippen LogP contribution in [0, 0.1) is 0 Å². The molecule has 1 N–H and O–H groups in total. The highest BCUT2D eigenvalue weighted by molar-refractivity contribution is 9.10. The number of hydrogen-bond donors (Lipinski definition) is 1. The Kier molecular flexibility index (Phi) is 3.98. The highest BCUT2D eigenvalue weighted by Gasteiger charge is 2.31. The van der Waals surface area contributed by atoms with Gasteiger partial charge in [-0.1, -0.05) is 15.9 Å². The fraction of sp³-hybridized carbons (Fsp3) is 0.333. The van der Waals surface area contributed by atoms with Gasteiger partial charge in [0, 0.05) is 16.6 Å². The zero-order chi connectivity index (χ0) is 11.5. The van der Waals surface area contributed by atoms with Gasteiger partial charge in [-0.25, -0.2) is 0 Å². The predicted molar refractivity (Wildman–Crippen MR) is 53.6 cm³/mol. The van der Waals surface area contributed by atoms with Gasteiger partial charge < -0.3 is 10.1 Å². The van der Waals surface area contributed by atoms with E-state index in [-0.39, 0.29) is 5.75 Å². The minimum absolute atomic E-state index is 0.181. The molecule has 0 saturated heterocycles. The average Bonchev–Trinajstić information content (AvgIpc) is 2.08. The standard InChI is InChI=1S/C9H9BrF3NO/c1-14-5-6-4-7(10)2-3-8(6)15-9(11,12)13/h2-4,14H,5H2,1H3. The maximum absolute atomic E-state index is 12.0. The van der Waals surface area contributed by atoms with Gasteiger partial charge >= 0.3 is 6.36 Å². The topological polar surface area (TPSA) is 21.3 Å². The minimum Gasteiger partial charge on any atom is -0.405 e. The molecule has 1 aromatic rings. The number of ether oxygens (including phenoxy) is 1. The molecule has 1 aromatic carbocycles. The van der Waals surface area contributed by atoms with Gasteiger partial charge in [0.25, 0.3) is 0 Å². The molecule has 0 aromatic heterocycles. The lowest BCUT2D eigenvalue weighted by molar-refractivity contribution is -0.274. The molecule has 15 heavy (non-hydrogen) atoms. The minimum atomic E-state index is -4.66. The monoisotopic (exact) mass is 283 g/mol. The molecule has 0 aliphatic heterocycles. The van der Waals surface area contributed by atoms with Crippen LogP contribution in [0.4, 0.5) is 13.2 Å². The third-order valence-electron chi connectivity index (χ3n) is 1.62. The summed E-state index contributed by atoms with van der Waals surface area (Å²) >= 11 is 3.18. The zero-order valence-corrected chi connectivity index (χ0v) is 9.45. The average molecular weight is 284 g/mol. The summed E-state index contributed by atoms with van der Waals surface area (Å²) in [5.74, 6) is -0.181. The van der Waals surface area contributed by atoms with E-state index in [0.29, 0.717) is 16.6 Å². The Hall–Kier alpha value is -0.750. The molecular weight excluding hydrogens is 275 g/mol. The smallest absolute Gasteiger partial charge is 0.405 e. The van der Waals surface area contributed by atoms with E-state index < -0.39 is 6.36 Å². The summed E-state index contributed by atoms with van der Waals surface area (Å²) in [4.78, 5) is 0. The lowest BCUT2D eigenvalue weighted by Crippen LogP contribution is -2.19. The number of alkyl halides is 3. The van der Waals surface area contributed by atoms with Crippen LogP contribution in [0.15, 0.2) is 22.7 Å². The highest BCUT2D eigenvalue weighted by Crippen LogP contribution is 2.28. The van der Waals surface area contributed by atoms with Crippen LogP contribution in [0.3, 0.4) is 0 Å². The van der Waals surface area contributed by atoms with Crippen LogP contribution in [-0.4, -0.2) is 13.4 Å². The third-order valence-corrected chi connectivity index (χ3v) is 2.11. The van der Waals surface area contributed by atoms with Crippen molar-refractivity contribution in [3.8, 4) is 5.75 Å². The van der Waals surface area contributed by atoms with Crippen LogP contribution in [0.1, 0.15) is 5.56 Å². The van der Waals surface area contributed by atoms with E-state index in [0.717, 1.165) is 0 Å². The first-order valence-electron chi connectivity index (χ1n) is 4.11. The van der Waals surface area contributed by atoms with Crippen molar-refractivity contribution in [1.82, 2.24) is 5.32 Å². The van der Waals surface area contributed by atoms with Gasteiger partial charge in [-0.05, 0) is 25.2 Å². The molecule has 1 rings (SSSR count). The van der Waals surface area contributed by atoms with E-state index in [9.17, 15) is 13.2 Å². The second-order valence-electron chi connectivity index (χ2n) is 2.83. The van der Waals surface area contributed by atoms with Crippen molar-refractivity contribution >= 4 is 15.9 Å². The SMILES string of the molecule is CNCc1cc(Br)ccc1OC(F)(F)F. The van der Waals surface area contributed by atoms with Crippen LogP contribution >= 0.6 is 15.9 Å². The maximum Gasteiger partial charge on any atom is 0.573 e. The quantitative estimate of drug-likeness (QED) is 0.921. The van der Waals surface area contributed by atoms with Gasteiger partial charge in [-0.15, -0.1) is 13.2 Å². The lowest BCUT2D eigenvalue weighted by Gasteiger charge is -2.13. The Balaban J connectivity index is 2.95. The summed E-state index contributed by atoms with van der Waals surface area (Å²) in [5, 5.41) is 2.77. The summed E-state index contributed by atoms with van der Waals surface area (Å²) < 4.78 is 40.6. The maximum atomic E-state index is 12.0. The fourth-order valence-corrected chi connectivity index (χ4v) is 1.51. The molecule has 84 valence electrons. The molecule has 0 fully saturated rings. The first-order valence-corrected chi connectivity index (χ1v) is 4.90. The normalized spacial score (nSPS) is 11.5. The summed E-state index contributed by atoms with van der Waals surface area (Å²) in [5.41, 5.74) is 0.448. The van der Waals surface area contributed by atoms with Crippen molar-refractivity contribution < 1.29 is 17.9 Å². The second-order valence-corrected chi connectivity index (χ2v) is 3.75. The molecule has 0 saturated carbocycles. The predicted octanol–water partition coefficient (Wildman–Crippen LogP) is 3.07. The van der Waals surface area contributed by atoms with Crippen molar-refractivity contribution in [2.24, 2.45) is 0 Å². The largest absolute Gasteiger partial charge is 0.573 e. The van der Waals surface area contributed by atoms with E-state index in [1.807, 2.05) is 0 Å². The van der Waals surface area contributed by atoms with Crippen molar-refractivity contribution in [2.45, 2.75) is 12.9 Å². The van der Waals surface area contributed by atoms with Crippen LogP contribution in [0.2, 0.25) is 0 Å². The molecule has 0 radical (unpaired) electrons.